The molecule has 0 fully saturated rings. The van der Waals surface area contributed by atoms with Crippen molar-refractivity contribution in [3.05, 3.63) is 12.2 Å². The lowest BCUT2D eigenvalue weighted by atomic mass is 9.78. The van der Waals surface area contributed by atoms with Gasteiger partial charge >= 0.3 is 11.9 Å². The molecule has 0 saturated carbocycles. The van der Waals surface area contributed by atoms with Crippen molar-refractivity contribution in [2.75, 3.05) is 0 Å². The lowest BCUT2D eigenvalue weighted by Crippen LogP contribution is -2.38. The van der Waals surface area contributed by atoms with E-state index in [4.69, 9.17) is 9.84 Å². The lowest BCUT2D eigenvalue weighted by molar-refractivity contribution is -0.153. The summed E-state index contributed by atoms with van der Waals surface area (Å²) in [6, 6.07) is 0. The Morgan fingerprint density at radius 1 is 1.20 bits per heavy atom. The Morgan fingerprint density at radius 2 is 1.80 bits per heavy atom. The molecular formula is C16H28O4. The predicted molar refractivity (Wildman–Crippen MR) is 79.4 cm³/mol. The van der Waals surface area contributed by atoms with Crippen LogP contribution in [0.5, 0.6) is 0 Å². The summed E-state index contributed by atoms with van der Waals surface area (Å²) in [5, 5.41) is 8.53. The summed E-state index contributed by atoms with van der Waals surface area (Å²) < 4.78 is 5.53. The number of carbonyl (C=O) groups excluding carboxylic acids is 1. The third-order valence-electron chi connectivity index (χ3n) is 3.34. The Balaban J connectivity index is 4.88. The highest BCUT2D eigenvalue weighted by Crippen LogP contribution is 2.33. The fourth-order valence-electron chi connectivity index (χ4n) is 2.32. The van der Waals surface area contributed by atoms with Gasteiger partial charge in [0.05, 0.1) is 0 Å². The minimum Gasteiger partial charge on any atom is -0.478 e. The van der Waals surface area contributed by atoms with Crippen LogP contribution < -0.4 is 0 Å². The van der Waals surface area contributed by atoms with Crippen LogP contribution in [0.4, 0.5) is 0 Å². The number of unbranched alkanes of at least 4 members (excludes halogenated alkanes) is 1. The number of hydrogen-bond acceptors (Lipinski definition) is 3. The number of carbonyl (C=O) groups is 2. The number of rotatable bonds is 8. The SMILES string of the molecule is CCCCC(CC)C(OC(=O)C=CC(=O)O)C(C)(C)C. The predicted octanol–water partition coefficient (Wildman–Crippen LogP) is 3.80. The van der Waals surface area contributed by atoms with Crippen LogP contribution in [0.25, 0.3) is 0 Å². The number of hydrogen-bond donors (Lipinski definition) is 1. The van der Waals surface area contributed by atoms with E-state index in [9.17, 15) is 9.59 Å². The molecule has 0 aliphatic heterocycles. The smallest absolute Gasteiger partial charge is 0.331 e. The van der Waals surface area contributed by atoms with Crippen molar-refractivity contribution in [3.63, 3.8) is 0 Å². The monoisotopic (exact) mass is 284 g/mol. The van der Waals surface area contributed by atoms with E-state index in [1.54, 1.807) is 0 Å². The van der Waals surface area contributed by atoms with E-state index < -0.39 is 11.9 Å². The molecule has 1 N–H and O–H groups in total. The van der Waals surface area contributed by atoms with Crippen LogP contribution in [0.15, 0.2) is 12.2 Å². The van der Waals surface area contributed by atoms with E-state index in [0.29, 0.717) is 5.92 Å². The topological polar surface area (TPSA) is 63.6 Å². The third-order valence-corrected chi connectivity index (χ3v) is 3.34. The fourth-order valence-corrected chi connectivity index (χ4v) is 2.32. The highest BCUT2D eigenvalue weighted by molar-refractivity contribution is 5.90. The number of carboxylic acids is 1. The first-order valence-electron chi connectivity index (χ1n) is 7.34. The zero-order chi connectivity index (χ0) is 15.8. The molecule has 116 valence electrons. The number of ether oxygens (including phenoxy) is 1. The molecule has 4 nitrogen and oxygen atoms in total. The van der Waals surface area contributed by atoms with Gasteiger partial charge in [0.2, 0.25) is 0 Å². The number of esters is 1. The van der Waals surface area contributed by atoms with E-state index in [2.05, 4.69) is 13.8 Å². The normalized spacial score (nSPS) is 15.1. The molecule has 0 radical (unpaired) electrons. The molecule has 4 heteroatoms. The molecule has 0 bridgehead atoms. The summed E-state index contributed by atoms with van der Waals surface area (Å²) in [4.78, 5) is 22.1. The molecule has 2 unspecified atom stereocenters. The number of carboxylic acid groups (broad SMARTS) is 1. The molecule has 0 aliphatic carbocycles. The maximum Gasteiger partial charge on any atom is 0.331 e. The highest BCUT2D eigenvalue weighted by atomic mass is 16.5. The van der Waals surface area contributed by atoms with Crippen molar-refractivity contribution in [1.82, 2.24) is 0 Å². The highest BCUT2D eigenvalue weighted by Gasteiger charge is 2.33. The van der Waals surface area contributed by atoms with Crippen LogP contribution in [0.1, 0.15) is 60.3 Å². The third kappa shape index (κ3) is 7.31. The summed E-state index contributed by atoms with van der Waals surface area (Å²) in [7, 11) is 0. The van der Waals surface area contributed by atoms with Gasteiger partial charge in [0.15, 0.2) is 0 Å². The molecule has 0 saturated heterocycles. The molecule has 2 atom stereocenters. The average Bonchev–Trinajstić information content (AvgIpc) is 2.34. The molecule has 0 aromatic carbocycles. The lowest BCUT2D eigenvalue weighted by Gasteiger charge is -2.36. The van der Waals surface area contributed by atoms with Crippen LogP contribution >= 0.6 is 0 Å². The second-order valence-electron chi connectivity index (χ2n) is 6.21. The van der Waals surface area contributed by atoms with Crippen LogP contribution in [0.3, 0.4) is 0 Å². The Hall–Kier alpha value is -1.32. The standard InChI is InChI=1S/C16H28O4/c1-6-8-9-12(7-2)15(16(3,4)5)20-14(19)11-10-13(17)18/h10-12,15H,6-9H2,1-5H3,(H,17,18). The maximum atomic E-state index is 11.7. The zero-order valence-corrected chi connectivity index (χ0v) is 13.3. The summed E-state index contributed by atoms with van der Waals surface area (Å²) in [6.45, 7) is 10.4. The summed E-state index contributed by atoms with van der Waals surface area (Å²) in [5.41, 5.74) is -0.166. The first-order valence-corrected chi connectivity index (χ1v) is 7.34. The molecule has 0 aromatic heterocycles. The van der Waals surface area contributed by atoms with Gasteiger partial charge in [0.25, 0.3) is 0 Å². The second kappa shape index (κ2) is 8.77. The van der Waals surface area contributed by atoms with Crippen molar-refractivity contribution >= 4 is 11.9 Å². The van der Waals surface area contributed by atoms with E-state index in [1.165, 1.54) is 0 Å². The van der Waals surface area contributed by atoms with Gasteiger partial charge in [-0.05, 0) is 24.2 Å². The Morgan fingerprint density at radius 3 is 2.20 bits per heavy atom. The average molecular weight is 284 g/mol. The van der Waals surface area contributed by atoms with Gasteiger partial charge in [0.1, 0.15) is 6.10 Å². The Labute approximate surface area is 122 Å². The van der Waals surface area contributed by atoms with Crippen molar-refractivity contribution in [1.29, 1.82) is 0 Å². The second-order valence-corrected chi connectivity index (χ2v) is 6.21. The maximum absolute atomic E-state index is 11.7. The van der Waals surface area contributed by atoms with Crippen LogP contribution in [0.2, 0.25) is 0 Å². The largest absolute Gasteiger partial charge is 0.478 e. The van der Waals surface area contributed by atoms with Crippen LogP contribution in [-0.4, -0.2) is 23.1 Å². The van der Waals surface area contributed by atoms with Gasteiger partial charge in [0, 0.05) is 12.2 Å². The molecule has 0 heterocycles. The minimum atomic E-state index is -1.15. The van der Waals surface area contributed by atoms with Gasteiger partial charge in [-0.1, -0.05) is 47.5 Å². The van der Waals surface area contributed by atoms with E-state index in [1.807, 2.05) is 20.8 Å². The molecular weight excluding hydrogens is 256 g/mol. The molecule has 20 heavy (non-hydrogen) atoms. The summed E-state index contributed by atoms with van der Waals surface area (Å²) in [5.74, 6) is -1.42. The molecule has 0 amide bonds. The Kier molecular flexibility index (Phi) is 8.19. The quantitative estimate of drug-likeness (QED) is 0.544. The van der Waals surface area contributed by atoms with Crippen molar-refractivity contribution in [2.24, 2.45) is 11.3 Å². The molecule has 0 aliphatic rings. The van der Waals surface area contributed by atoms with E-state index in [-0.39, 0.29) is 11.5 Å². The van der Waals surface area contributed by atoms with Gasteiger partial charge in [-0.25, -0.2) is 9.59 Å². The van der Waals surface area contributed by atoms with Crippen LogP contribution in [-0.2, 0) is 14.3 Å². The number of aliphatic carboxylic acids is 1. The molecule has 0 spiro atoms. The summed E-state index contributed by atoms with van der Waals surface area (Å²) >= 11 is 0. The van der Waals surface area contributed by atoms with Crippen molar-refractivity contribution in [2.45, 2.75) is 66.4 Å². The van der Waals surface area contributed by atoms with Crippen molar-refractivity contribution in [3.8, 4) is 0 Å². The minimum absolute atomic E-state index is 0.166. The molecule has 0 aromatic rings. The van der Waals surface area contributed by atoms with Gasteiger partial charge in [-0.15, -0.1) is 0 Å². The van der Waals surface area contributed by atoms with E-state index >= 15 is 0 Å². The summed E-state index contributed by atoms with van der Waals surface area (Å²) in [6.07, 6.45) is 5.77. The van der Waals surface area contributed by atoms with Crippen molar-refractivity contribution < 1.29 is 19.4 Å². The van der Waals surface area contributed by atoms with Gasteiger partial charge in [-0.2, -0.15) is 0 Å². The van der Waals surface area contributed by atoms with Gasteiger partial charge in [-0.3, -0.25) is 0 Å². The fraction of sp³-hybridized carbons (Fsp3) is 0.750. The first kappa shape index (κ1) is 18.7. The van der Waals surface area contributed by atoms with E-state index in [0.717, 1.165) is 37.8 Å². The van der Waals surface area contributed by atoms with Gasteiger partial charge < -0.3 is 9.84 Å². The zero-order valence-electron chi connectivity index (χ0n) is 13.3. The Bertz CT molecular complexity index is 339. The first-order chi connectivity index (χ1) is 9.22. The molecule has 0 rings (SSSR count). The van der Waals surface area contributed by atoms with Crippen LogP contribution in [0, 0.1) is 11.3 Å².